The molecule has 1 heterocycles. The van der Waals surface area contributed by atoms with Gasteiger partial charge in [-0.05, 0) is 25.5 Å². The number of methoxy groups -OCH3 is 1. The summed E-state index contributed by atoms with van der Waals surface area (Å²) in [6.07, 6.45) is 1.93. The fraction of sp³-hybridized carbons (Fsp3) is 0.294. The van der Waals surface area contributed by atoms with Gasteiger partial charge in [0, 0.05) is 12.6 Å². The van der Waals surface area contributed by atoms with E-state index < -0.39 is 5.92 Å². The number of Topliss-reactive ketones (excluding diaryl/α,β-unsaturated/α-hetero) is 1. The highest BCUT2D eigenvalue weighted by atomic mass is 16.5. The van der Waals surface area contributed by atoms with Gasteiger partial charge in [-0.25, -0.2) is 4.99 Å². The van der Waals surface area contributed by atoms with E-state index in [0.717, 1.165) is 0 Å². The Bertz CT molecular complexity index is 746. The van der Waals surface area contributed by atoms with Crippen LogP contribution in [0.5, 0.6) is 5.75 Å². The van der Waals surface area contributed by atoms with Gasteiger partial charge in [-0.15, -0.1) is 0 Å². The van der Waals surface area contributed by atoms with E-state index in [2.05, 4.69) is 14.5 Å². The van der Waals surface area contributed by atoms with E-state index in [-0.39, 0.29) is 35.3 Å². The number of benzene rings is 1. The molecule has 1 aromatic carbocycles. The maximum atomic E-state index is 12.0. The standard InChI is InChI=1S/C17H17N3O4/c1-11(21)15-16(20-18)12(8-9-14(22)23-2)10-19-17(15)24-13-6-4-3-5-7-13/h3-7,10,12H,8-9H2,1-2H3. The zero-order valence-electron chi connectivity index (χ0n) is 13.4. The summed E-state index contributed by atoms with van der Waals surface area (Å²) >= 11 is 0. The first-order valence-electron chi connectivity index (χ1n) is 7.38. The molecule has 1 aromatic rings. The second-order valence-corrected chi connectivity index (χ2v) is 5.14. The largest absolute Gasteiger partial charge is 0.469 e. The molecule has 1 unspecified atom stereocenters. The lowest BCUT2D eigenvalue weighted by Gasteiger charge is -2.16. The lowest BCUT2D eigenvalue weighted by atomic mass is 9.90. The minimum absolute atomic E-state index is 0.0656. The number of ether oxygens (including phenoxy) is 2. The molecule has 0 radical (unpaired) electrons. The number of nitrogens with zero attached hydrogens (tertiary/aromatic N) is 3. The van der Waals surface area contributed by atoms with Crippen LogP contribution >= 0.6 is 0 Å². The maximum absolute atomic E-state index is 12.0. The van der Waals surface area contributed by atoms with Crippen LogP contribution in [0.1, 0.15) is 19.8 Å². The number of hydrogen-bond acceptors (Lipinski definition) is 5. The Hall–Kier alpha value is -3.05. The van der Waals surface area contributed by atoms with Crippen molar-refractivity contribution >= 4 is 23.7 Å². The summed E-state index contributed by atoms with van der Waals surface area (Å²) in [5.41, 5.74) is 9.58. The van der Waals surface area contributed by atoms with Crippen LogP contribution in [0.3, 0.4) is 0 Å². The van der Waals surface area contributed by atoms with Gasteiger partial charge in [0.15, 0.2) is 11.4 Å². The second-order valence-electron chi connectivity index (χ2n) is 5.14. The Labute approximate surface area is 139 Å². The van der Waals surface area contributed by atoms with E-state index in [1.165, 1.54) is 20.2 Å². The molecule has 0 aromatic heterocycles. The van der Waals surface area contributed by atoms with Gasteiger partial charge >= 0.3 is 11.7 Å². The van der Waals surface area contributed by atoms with Crippen LogP contribution in [0.4, 0.5) is 0 Å². The third kappa shape index (κ3) is 4.02. The lowest BCUT2D eigenvalue weighted by molar-refractivity contribution is -0.140. The molecule has 7 nitrogen and oxygen atoms in total. The van der Waals surface area contributed by atoms with Gasteiger partial charge in [-0.2, -0.15) is 4.79 Å². The highest BCUT2D eigenvalue weighted by molar-refractivity contribution is 6.24. The molecule has 0 N–H and O–H groups in total. The molecule has 0 amide bonds. The molecule has 0 fully saturated rings. The molecule has 1 atom stereocenters. The molecule has 24 heavy (non-hydrogen) atoms. The van der Waals surface area contributed by atoms with E-state index in [0.29, 0.717) is 12.2 Å². The zero-order chi connectivity index (χ0) is 17.5. The number of carbonyl (C=O) groups is 2. The molecule has 0 bridgehead atoms. The topological polar surface area (TPSA) is 101 Å². The monoisotopic (exact) mass is 327 g/mol. The van der Waals surface area contributed by atoms with Crippen molar-refractivity contribution < 1.29 is 23.9 Å². The molecule has 0 saturated carbocycles. The van der Waals surface area contributed by atoms with E-state index in [4.69, 9.17) is 4.74 Å². The smallest absolute Gasteiger partial charge is 0.316 e. The first-order chi connectivity index (χ1) is 11.6. The summed E-state index contributed by atoms with van der Waals surface area (Å²) in [5.74, 6) is -0.630. The molecule has 124 valence electrons. The van der Waals surface area contributed by atoms with Gasteiger partial charge in [0.1, 0.15) is 5.75 Å². The molecular formula is C17H17N3O4. The predicted octanol–water partition coefficient (Wildman–Crippen LogP) is 2.19. The van der Waals surface area contributed by atoms with E-state index >= 15 is 0 Å². The fourth-order valence-corrected chi connectivity index (χ4v) is 2.31. The van der Waals surface area contributed by atoms with Crippen molar-refractivity contribution in [3.05, 3.63) is 47.3 Å². The van der Waals surface area contributed by atoms with Gasteiger partial charge in [-0.1, -0.05) is 18.2 Å². The Balaban J connectivity index is 2.30. The summed E-state index contributed by atoms with van der Waals surface area (Å²) in [6.45, 7) is 1.34. The van der Waals surface area contributed by atoms with E-state index in [9.17, 15) is 15.1 Å². The van der Waals surface area contributed by atoms with Crippen LogP contribution in [0.15, 0.2) is 46.8 Å². The Morgan fingerprint density at radius 1 is 1.29 bits per heavy atom. The summed E-state index contributed by atoms with van der Waals surface area (Å²) < 4.78 is 10.2. The lowest BCUT2D eigenvalue weighted by Crippen LogP contribution is -2.29. The fourth-order valence-electron chi connectivity index (χ4n) is 2.31. The maximum Gasteiger partial charge on any atom is 0.316 e. The number of hydrogen-bond donors (Lipinski definition) is 0. The molecule has 0 aliphatic carbocycles. The van der Waals surface area contributed by atoms with Crippen LogP contribution in [0.25, 0.3) is 5.53 Å². The third-order valence-electron chi connectivity index (χ3n) is 3.50. The highest BCUT2D eigenvalue weighted by Gasteiger charge is 2.36. The minimum atomic E-state index is -0.476. The van der Waals surface area contributed by atoms with Crippen molar-refractivity contribution in [3.8, 4) is 5.75 Å². The Morgan fingerprint density at radius 2 is 2.00 bits per heavy atom. The third-order valence-corrected chi connectivity index (χ3v) is 3.50. The molecular weight excluding hydrogens is 310 g/mol. The minimum Gasteiger partial charge on any atom is -0.469 e. The van der Waals surface area contributed by atoms with Crippen molar-refractivity contribution in [2.24, 2.45) is 10.9 Å². The van der Waals surface area contributed by atoms with Crippen LogP contribution in [0.2, 0.25) is 0 Å². The van der Waals surface area contributed by atoms with Crippen LogP contribution < -0.4 is 4.74 Å². The summed E-state index contributed by atoms with van der Waals surface area (Å²) in [4.78, 5) is 30.7. The van der Waals surface area contributed by atoms with Crippen molar-refractivity contribution in [1.29, 1.82) is 0 Å². The van der Waals surface area contributed by atoms with Gasteiger partial charge in [-0.3, -0.25) is 9.59 Å². The Morgan fingerprint density at radius 3 is 2.58 bits per heavy atom. The van der Waals surface area contributed by atoms with Crippen molar-refractivity contribution in [2.45, 2.75) is 19.8 Å². The molecule has 1 aliphatic heterocycles. The number of ketones is 1. The molecule has 1 aliphatic rings. The Kier molecular flexibility index (Phi) is 5.76. The SMILES string of the molecule is COC(=O)CCC1C=NC(Oc2ccccc2)=C(C(C)=O)C1=[N+]=[N-]. The van der Waals surface area contributed by atoms with Gasteiger partial charge in [0.25, 0.3) is 0 Å². The molecule has 0 spiro atoms. The number of aliphatic imine (C=N–C) groups is 1. The van der Waals surface area contributed by atoms with Crippen molar-refractivity contribution in [2.75, 3.05) is 7.11 Å². The van der Waals surface area contributed by atoms with Crippen LogP contribution in [0, 0.1) is 5.92 Å². The van der Waals surface area contributed by atoms with Crippen LogP contribution in [-0.2, 0) is 14.3 Å². The number of allylic oxidation sites excluding steroid dienone is 1. The van der Waals surface area contributed by atoms with Gasteiger partial charge in [0.05, 0.1) is 13.0 Å². The average Bonchev–Trinajstić information content (AvgIpc) is 2.60. The first kappa shape index (κ1) is 17.3. The van der Waals surface area contributed by atoms with E-state index in [1.54, 1.807) is 24.3 Å². The van der Waals surface area contributed by atoms with Crippen molar-refractivity contribution in [1.82, 2.24) is 0 Å². The van der Waals surface area contributed by atoms with Crippen LogP contribution in [-0.4, -0.2) is 35.6 Å². The summed E-state index contributed by atoms with van der Waals surface area (Å²) in [6, 6.07) is 8.85. The second kappa shape index (κ2) is 7.99. The number of para-hydroxylation sites is 1. The predicted molar refractivity (Wildman–Crippen MR) is 86.6 cm³/mol. The highest BCUT2D eigenvalue weighted by Crippen LogP contribution is 2.24. The zero-order valence-corrected chi connectivity index (χ0v) is 13.4. The van der Waals surface area contributed by atoms with Gasteiger partial charge in [0.2, 0.25) is 5.88 Å². The number of esters is 1. The van der Waals surface area contributed by atoms with Gasteiger partial charge < -0.3 is 15.0 Å². The summed E-state index contributed by atoms with van der Waals surface area (Å²) in [7, 11) is 1.30. The molecule has 7 heteroatoms. The average molecular weight is 327 g/mol. The summed E-state index contributed by atoms with van der Waals surface area (Å²) in [5, 5.41) is 0. The number of rotatable bonds is 6. The normalized spacial score (nSPS) is 16.6. The quantitative estimate of drug-likeness (QED) is 0.454. The number of carbonyl (C=O) groups excluding carboxylic acids is 2. The molecule has 0 saturated heterocycles. The molecule has 2 rings (SSSR count). The van der Waals surface area contributed by atoms with E-state index in [1.807, 2.05) is 6.07 Å². The van der Waals surface area contributed by atoms with Crippen molar-refractivity contribution in [3.63, 3.8) is 0 Å². The first-order valence-corrected chi connectivity index (χ1v) is 7.38.